The quantitative estimate of drug-likeness (QED) is 0.294. The van der Waals surface area contributed by atoms with Gasteiger partial charge >= 0.3 is 0 Å². The molecule has 0 aromatic heterocycles. The van der Waals surface area contributed by atoms with E-state index in [1.165, 1.54) is 16.7 Å². The summed E-state index contributed by atoms with van der Waals surface area (Å²) in [6.07, 6.45) is 22.4. The van der Waals surface area contributed by atoms with Crippen molar-refractivity contribution in [1.29, 1.82) is 0 Å². The second kappa shape index (κ2) is 11.4. The number of allylic oxidation sites excluding steroid dienone is 13. The standard InChI is InChI=1S/C26H36N4O2S/c27-14-4-17-28-15-1-2-16-29-18-5-19-30-33(31,32)24-13-11-22-9-8-20-6-3-7-21-10-12-23(24)26(22)25(20)21/h3,6-13,25-26,28-30H,1-2,4-5,14-19,27H2. The van der Waals surface area contributed by atoms with Crippen molar-refractivity contribution in [2.75, 3.05) is 39.3 Å². The zero-order valence-electron chi connectivity index (χ0n) is 19.2. The summed E-state index contributed by atoms with van der Waals surface area (Å²) >= 11 is 0. The molecule has 0 radical (unpaired) electrons. The summed E-state index contributed by atoms with van der Waals surface area (Å²) in [5.41, 5.74) is 10.1. The van der Waals surface area contributed by atoms with Gasteiger partial charge in [0.25, 0.3) is 0 Å². The topological polar surface area (TPSA) is 96.2 Å². The van der Waals surface area contributed by atoms with E-state index in [4.69, 9.17) is 5.73 Å². The molecule has 0 spiro atoms. The van der Waals surface area contributed by atoms with E-state index in [0.717, 1.165) is 64.0 Å². The van der Waals surface area contributed by atoms with Gasteiger partial charge in [0, 0.05) is 18.4 Å². The van der Waals surface area contributed by atoms with Crippen LogP contribution in [-0.4, -0.2) is 47.7 Å². The molecule has 2 atom stereocenters. The van der Waals surface area contributed by atoms with Crippen LogP contribution in [0.3, 0.4) is 0 Å². The van der Waals surface area contributed by atoms with Crippen molar-refractivity contribution >= 4 is 10.0 Å². The molecule has 33 heavy (non-hydrogen) atoms. The molecule has 4 aliphatic carbocycles. The van der Waals surface area contributed by atoms with E-state index in [9.17, 15) is 8.42 Å². The maximum atomic E-state index is 13.1. The lowest BCUT2D eigenvalue weighted by Gasteiger charge is -2.40. The Bertz CT molecular complexity index is 1040. The Labute approximate surface area is 198 Å². The van der Waals surface area contributed by atoms with Crippen molar-refractivity contribution in [3.63, 3.8) is 0 Å². The van der Waals surface area contributed by atoms with E-state index >= 15 is 0 Å². The molecule has 178 valence electrons. The van der Waals surface area contributed by atoms with Crippen LogP contribution in [0.25, 0.3) is 0 Å². The zero-order chi connectivity index (χ0) is 23.1. The Hall–Kier alpha value is -2.03. The van der Waals surface area contributed by atoms with Crippen molar-refractivity contribution in [3.05, 3.63) is 81.9 Å². The first-order chi connectivity index (χ1) is 16.1. The van der Waals surface area contributed by atoms with Gasteiger partial charge in [0.1, 0.15) is 0 Å². The maximum Gasteiger partial charge on any atom is 0.240 e. The summed E-state index contributed by atoms with van der Waals surface area (Å²) < 4.78 is 29.1. The van der Waals surface area contributed by atoms with E-state index in [1.54, 1.807) is 6.08 Å². The monoisotopic (exact) mass is 468 g/mol. The minimum Gasteiger partial charge on any atom is -0.330 e. The fraction of sp³-hybridized carbons (Fsp3) is 0.462. The number of hydrogen-bond donors (Lipinski definition) is 4. The number of hydrogen-bond acceptors (Lipinski definition) is 5. The number of nitrogens with two attached hydrogens (primary N) is 1. The van der Waals surface area contributed by atoms with Gasteiger partial charge in [-0.25, -0.2) is 13.1 Å². The van der Waals surface area contributed by atoms with Crippen LogP contribution in [0.2, 0.25) is 0 Å². The van der Waals surface area contributed by atoms with Crippen molar-refractivity contribution in [2.24, 2.45) is 17.6 Å². The highest BCUT2D eigenvalue weighted by Crippen LogP contribution is 2.49. The molecule has 0 aromatic carbocycles. The summed E-state index contributed by atoms with van der Waals surface area (Å²) in [5.74, 6) is 0.291. The molecule has 0 heterocycles. The fourth-order valence-electron chi connectivity index (χ4n) is 4.89. The van der Waals surface area contributed by atoms with Gasteiger partial charge in [0.2, 0.25) is 10.0 Å². The molecule has 0 saturated carbocycles. The third-order valence-corrected chi connectivity index (χ3v) is 8.12. The minimum absolute atomic E-state index is 0.0780. The SMILES string of the molecule is NCCCNCCCCNCCCNS(=O)(=O)C1=C2C=CC3=CC=CC4=CC=C(C=C1)C2C34. The van der Waals surface area contributed by atoms with Crippen LogP contribution in [0.1, 0.15) is 25.7 Å². The van der Waals surface area contributed by atoms with Crippen molar-refractivity contribution in [3.8, 4) is 0 Å². The van der Waals surface area contributed by atoms with E-state index in [1.807, 2.05) is 12.2 Å². The van der Waals surface area contributed by atoms with Gasteiger partial charge in [-0.1, -0.05) is 48.6 Å². The first kappa shape index (κ1) is 24.1. The fourth-order valence-corrected chi connectivity index (χ4v) is 6.21. The predicted molar refractivity (Wildman–Crippen MR) is 136 cm³/mol. The van der Waals surface area contributed by atoms with E-state index in [0.29, 0.717) is 11.4 Å². The van der Waals surface area contributed by atoms with Gasteiger partial charge in [0.15, 0.2) is 0 Å². The van der Waals surface area contributed by atoms with E-state index in [2.05, 4.69) is 51.8 Å². The van der Waals surface area contributed by atoms with Crippen LogP contribution in [0.15, 0.2) is 81.9 Å². The Morgan fingerprint density at radius 2 is 1.33 bits per heavy atom. The molecule has 0 amide bonds. The van der Waals surface area contributed by atoms with Gasteiger partial charge < -0.3 is 16.4 Å². The Kier molecular flexibility index (Phi) is 8.33. The lowest BCUT2D eigenvalue weighted by atomic mass is 9.64. The highest BCUT2D eigenvalue weighted by atomic mass is 32.2. The van der Waals surface area contributed by atoms with Crippen LogP contribution in [0, 0.1) is 11.8 Å². The van der Waals surface area contributed by atoms with Crippen LogP contribution >= 0.6 is 0 Å². The molecule has 0 saturated heterocycles. The van der Waals surface area contributed by atoms with Gasteiger partial charge in [-0.2, -0.15) is 0 Å². The lowest BCUT2D eigenvalue weighted by molar-refractivity contribution is 0.553. The van der Waals surface area contributed by atoms with Crippen LogP contribution in [0.5, 0.6) is 0 Å². The number of nitrogens with one attached hydrogen (secondary N) is 3. The lowest BCUT2D eigenvalue weighted by Crippen LogP contribution is -2.34. The molecule has 0 aromatic rings. The molecule has 5 N–H and O–H groups in total. The minimum atomic E-state index is -3.56. The average Bonchev–Trinajstić information content (AvgIpc) is 2.83. The molecule has 4 rings (SSSR count). The molecular formula is C26H36N4O2S. The second-order valence-corrected chi connectivity index (χ2v) is 10.6. The van der Waals surface area contributed by atoms with E-state index < -0.39 is 10.0 Å². The Morgan fingerprint density at radius 1 is 0.697 bits per heavy atom. The molecule has 2 unspecified atom stereocenters. The van der Waals surface area contributed by atoms with Crippen LogP contribution in [0.4, 0.5) is 0 Å². The molecule has 0 bridgehead atoms. The number of unbranched alkanes of at least 4 members (excludes halogenated alkanes) is 1. The van der Waals surface area contributed by atoms with Gasteiger partial charge in [-0.3, -0.25) is 0 Å². The molecule has 0 fully saturated rings. The molecule has 7 heteroatoms. The zero-order valence-corrected chi connectivity index (χ0v) is 20.0. The molecule has 0 aliphatic heterocycles. The van der Waals surface area contributed by atoms with Crippen LogP contribution in [-0.2, 0) is 10.0 Å². The van der Waals surface area contributed by atoms with Crippen LogP contribution < -0.4 is 21.1 Å². The number of rotatable bonds is 14. The summed E-state index contributed by atoms with van der Waals surface area (Å²) in [6.45, 7) is 4.92. The normalized spacial score (nSPS) is 22.8. The third kappa shape index (κ3) is 5.73. The van der Waals surface area contributed by atoms with Gasteiger partial charge in [0.05, 0.1) is 4.91 Å². The van der Waals surface area contributed by atoms with Gasteiger partial charge in [-0.05, 0) is 86.8 Å². The summed E-state index contributed by atoms with van der Waals surface area (Å²) in [6, 6.07) is 0. The molecule has 6 nitrogen and oxygen atoms in total. The summed E-state index contributed by atoms with van der Waals surface area (Å²) in [5, 5.41) is 6.78. The largest absolute Gasteiger partial charge is 0.330 e. The summed E-state index contributed by atoms with van der Waals surface area (Å²) in [4.78, 5) is 0.408. The average molecular weight is 469 g/mol. The number of sulfonamides is 1. The second-order valence-electron chi connectivity index (χ2n) is 8.90. The van der Waals surface area contributed by atoms with Crippen molar-refractivity contribution < 1.29 is 8.42 Å². The van der Waals surface area contributed by atoms with Gasteiger partial charge in [-0.15, -0.1) is 0 Å². The van der Waals surface area contributed by atoms with Crippen molar-refractivity contribution in [2.45, 2.75) is 25.7 Å². The predicted octanol–water partition coefficient (Wildman–Crippen LogP) is 2.59. The summed E-state index contributed by atoms with van der Waals surface area (Å²) in [7, 11) is -3.56. The smallest absolute Gasteiger partial charge is 0.240 e. The molecule has 4 aliphatic rings. The van der Waals surface area contributed by atoms with E-state index in [-0.39, 0.29) is 11.8 Å². The third-order valence-electron chi connectivity index (χ3n) is 6.59. The maximum absolute atomic E-state index is 13.1. The highest BCUT2D eigenvalue weighted by molar-refractivity contribution is 7.93. The molecular weight excluding hydrogens is 432 g/mol. The first-order valence-electron chi connectivity index (χ1n) is 12.1. The first-order valence-corrected chi connectivity index (χ1v) is 13.6. The highest BCUT2D eigenvalue weighted by Gasteiger charge is 2.40. The van der Waals surface area contributed by atoms with Crippen molar-refractivity contribution in [1.82, 2.24) is 15.4 Å². The Morgan fingerprint density at radius 3 is 2.09 bits per heavy atom. The Balaban J connectivity index is 1.25.